The van der Waals surface area contributed by atoms with E-state index in [2.05, 4.69) is 15.6 Å². The standard InChI is InChI=1S/C22H34N4O3S/c1-3-23-22(24-14-17-8-10-18(11-9-17)16-30(2,28)29)25-20-12-13-26(15-20)21(27)19-6-4-5-7-19/h8-11,19-20H,3-7,12-16H2,1-2H3,(H2,23,24,25). The number of rotatable bonds is 7. The number of carbonyl (C=O) groups excluding carboxylic acids is 1. The summed E-state index contributed by atoms with van der Waals surface area (Å²) in [6.45, 7) is 4.85. The van der Waals surface area contributed by atoms with Crippen molar-refractivity contribution in [2.75, 3.05) is 25.9 Å². The number of sulfone groups is 1. The Kier molecular flexibility index (Phi) is 7.75. The van der Waals surface area contributed by atoms with Gasteiger partial charge < -0.3 is 15.5 Å². The van der Waals surface area contributed by atoms with Crippen LogP contribution in [0.4, 0.5) is 0 Å². The molecule has 0 spiro atoms. The number of aliphatic imine (C=N–C) groups is 1. The minimum Gasteiger partial charge on any atom is -0.357 e. The molecule has 166 valence electrons. The van der Waals surface area contributed by atoms with Crippen molar-refractivity contribution in [1.82, 2.24) is 15.5 Å². The number of guanidine groups is 1. The molecule has 1 unspecified atom stereocenters. The van der Waals surface area contributed by atoms with E-state index < -0.39 is 9.84 Å². The Morgan fingerprint density at radius 3 is 2.43 bits per heavy atom. The average Bonchev–Trinajstić information content (AvgIpc) is 3.38. The normalized spacial score (nSPS) is 20.5. The number of nitrogens with one attached hydrogen (secondary N) is 2. The lowest BCUT2D eigenvalue weighted by molar-refractivity contribution is -0.134. The van der Waals surface area contributed by atoms with Crippen LogP contribution in [-0.2, 0) is 26.9 Å². The summed E-state index contributed by atoms with van der Waals surface area (Å²) in [6, 6.07) is 7.74. The van der Waals surface area contributed by atoms with Crippen molar-refractivity contribution in [3.63, 3.8) is 0 Å². The Balaban J connectivity index is 1.54. The summed E-state index contributed by atoms with van der Waals surface area (Å²) in [5.41, 5.74) is 1.81. The van der Waals surface area contributed by atoms with Gasteiger partial charge in [-0.05, 0) is 37.3 Å². The summed E-state index contributed by atoms with van der Waals surface area (Å²) in [4.78, 5) is 19.3. The highest BCUT2D eigenvalue weighted by Gasteiger charge is 2.32. The number of amides is 1. The predicted octanol–water partition coefficient (Wildman–Crippen LogP) is 2.08. The largest absolute Gasteiger partial charge is 0.357 e. The monoisotopic (exact) mass is 434 g/mol. The minimum absolute atomic E-state index is 0.0541. The molecule has 1 saturated carbocycles. The molecule has 1 saturated heterocycles. The SMILES string of the molecule is CCNC(=NCc1ccc(CS(C)(=O)=O)cc1)NC1CCN(C(=O)C2CCCC2)C1. The fourth-order valence-electron chi connectivity index (χ4n) is 4.24. The molecule has 2 fully saturated rings. The zero-order chi connectivity index (χ0) is 21.6. The number of hydrogen-bond donors (Lipinski definition) is 2. The number of benzene rings is 1. The van der Waals surface area contributed by atoms with E-state index in [4.69, 9.17) is 0 Å². The van der Waals surface area contributed by atoms with Crippen LogP contribution in [0.3, 0.4) is 0 Å². The van der Waals surface area contributed by atoms with Crippen LogP contribution in [0, 0.1) is 5.92 Å². The maximum Gasteiger partial charge on any atom is 0.225 e. The van der Waals surface area contributed by atoms with E-state index in [1.807, 2.05) is 36.1 Å². The smallest absolute Gasteiger partial charge is 0.225 e. The Bertz CT molecular complexity index is 846. The molecule has 1 aromatic rings. The van der Waals surface area contributed by atoms with Crippen LogP contribution in [0.5, 0.6) is 0 Å². The molecule has 8 heteroatoms. The number of carbonyl (C=O) groups is 1. The van der Waals surface area contributed by atoms with Crippen LogP contribution >= 0.6 is 0 Å². The van der Waals surface area contributed by atoms with Crippen molar-refractivity contribution in [1.29, 1.82) is 0 Å². The van der Waals surface area contributed by atoms with Gasteiger partial charge in [0.1, 0.15) is 0 Å². The molecule has 7 nitrogen and oxygen atoms in total. The maximum absolute atomic E-state index is 12.6. The van der Waals surface area contributed by atoms with E-state index in [9.17, 15) is 13.2 Å². The number of nitrogens with zero attached hydrogens (tertiary/aromatic N) is 2. The van der Waals surface area contributed by atoms with Gasteiger partial charge in [-0.2, -0.15) is 0 Å². The predicted molar refractivity (Wildman–Crippen MR) is 120 cm³/mol. The third-order valence-electron chi connectivity index (χ3n) is 5.76. The molecular formula is C22H34N4O3S. The third kappa shape index (κ3) is 6.72. The topological polar surface area (TPSA) is 90.9 Å². The Morgan fingerprint density at radius 2 is 1.80 bits per heavy atom. The van der Waals surface area contributed by atoms with Crippen LogP contribution in [-0.4, -0.2) is 57.1 Å². The van der Waals surface area contributed by atoms with Crippen molar-refractivity contribution in [3.8, 4) is 0 Å². The lowest BCUT2D eigenvalue weighted by Crippen LogP contribution is -2.45. The molecular weight excluding hydrogens is 400 g/mol. The van der Waals surface area contributed by atoms with E-state index in [1.54, 1.807) is 0 Å². The second-order valence-electron chi connectivity index (χ2n) is 8.48. The zero-order valence-corrected chi connectivity index (χ0v) is 18.9. The van der Waals surface area contributed by atoms with E-state index in [0.717, 1.165) is 56.0 Å². The summed E-state index contributed by atoms with van der Waals surface area (Å²) in [7, 11) is -3.03. The van der Waals surface area contributed by atoms with Crippen LogP contribution in [0.15, 0.2) is 29.3 Å². The van der Waals surface area contributed by atoms with Crippen LogP contribution in [0.25, 0.3) is 0 Å². The fourth-order valence-corrected chi connectivity index (χ4v) is 5.03. The second-order valence-corrected chi connectivity index (χ2v) is 10.6. The van der Waals surface area contributed by atoms with Crippen molar-refractivity contribution >= 4 is 21.7 Å². The molecule has 30 heavy (non-hydrogen) atoms. The van der Waals surface area contributed by atoms with Gasteiger partial charge in [0.05, 0.1) is 12.3 Å². The maximum atomic E-state index is 12.6. The molecule has 2 N–H and O–H groups in total. The van der Waals surface area contributed by atoms with E-state index in [-0.39, 0.29) is 17.7 Å². The molecule has 1 amide bonds. The fraction of sp³-hybridized carbons (Fsp3) is 0.636. The molecule has 1 aliphatic carbocycles. The Hall–Kier alpha value is -2.09. The highest BCUT2D eigenvalue weighted by atomic mass is 32.2. The van der Waals surface area contributed by atoms with Gasteiger partial charge in [-0.1, -0.05) is 37.1 Å². The molecule has 1 atom stereocenters. The van der Waals surface area contributed by atoms with Crippen LogP contribution in [0.1, 0.15) is 50.2 Å². The summed E-state index contributed by atoms with van der Waals surface area (Å²) in [6.07, 6.45) is 6.62. The molecule has 1 aromatic carbocycles. The first-order chi connectivity index (χ1) is 14.3. The van der Waals surface area contributed by atoms with Crippen molar-refractivity contribution in [3.05, 3.63) is 35.4 Å². The van der Waals surface area contributed by atoms with Crippen molar-refractivity contribution < 1.29 is 13.2 Å². The van der Waals surface area contributed by atoms with E-state index >= 15 is 0 Å². The Morgan fingerprint density at radius 1 is 1.13 bits per heavy atom. The molecule has 0 radical (unpaired) electrons. The van der Waals surface area contributed by atoms with Gasteiger partial charge in [0.25, 0.3) is 0 Å². The van der Waals surface area contributed by atoms with Gasteiger partial charge in [-0.3, -0.25) is 4.79 Å². The summed E-state index contributed by atoms with van der Waals surface area (Å²) < 4.78 is 22.8. The van der Waals surface area contributed by atoms with Crippen LogP contribution in [0.2, 0.25) is 0 Å². The molecule has 3 rings (SSSR count). The third-order valence-corrected chi connectivity index (χ3v) is 6.62. The van der Waals surface area contributed by atoms with Gasteiger partial charge in [0.15, 0.2) is 15.8 Å². The highest BCUT2D eigenvalue weighted by molar-refractivity contribution is 7.89. The molecule has 1 heterocycles. The first-order valence-electron chi connectivity index (χ1n) is 10.9. The summed E-state index contributed by atoms with van der Waals surface area (Å²) in [5.74, 6) is 1.36. The number of likely N-dealkylation sites (tertiary alicyclic amines) is 1. The molecule has 2 aliphatic rings. The average molecular weight is 435 g/mol. The van der Waals surface area contributed by atoms with Gasteiger partial charge in [0, 0.05) is 37.8 Å². The summed E-state index contributed by atoms with van der Waals surface area (Å²) in [5, 5.41) is 6.75. The first-order valence-corrected chi connectivity index (χ1v) is 13.0. The number of hydrogen-bond acceptors (Lipinski definition) is 4. The lowest BCUT2D eigenvalue weighted by atomic mass is 10.1. The summed E-state index contributed by atoms with van der Waals surface area (Å²) >= 11 is 0. The highest BCUT2D eigenvalue weighted by Crippen LogP contribution is 2.27. The van der Waals surface area contributed by atoms with Gasteiger partial charge in [0.2, 0.25) is 5.91 Å². The molecule has 0 bridgehead atoms. The quantitative estimate of drug-likeness (QED) is 0.506. The van der Waals surface area contributed by atoms with E-state index in [0.29, 0.717) is 12.5 Å². The van der Waals surface area contributed by atoms with E-state index in [1.165, 1.54) is 19.1 Å². The lowest BCUT2D eigenvalue weighted by Gasteiger charge is -2.21. The van der Waals surface area contributed by atoms with Gasteiger partial charge >= 0.3 is 0 Å². The molecule has 1 aliphatic heterocycles. The zero-order valence-electron chi connectivity index (χ0n) is 18.1. The van der Waals surface area contributed by atoms with Gasteiger partial charge in [-0.25, -0.2) is 13.4 Å². The van der Waals surface area contributed by atoms with Crippen molar-refractivity contribution in [2.24, 2.45) is 10.9 Å². The second kappa shape index (κ2) is 10.3. The van der Waals surface area contributed by atoms with Gasteiger partial charge in [-0.15, -0.1) is 0 Å². The Labute approximate surface area is 180 Å². The first kappa shape index (κ1) is 22.6. The van der Waals surface area contributed by atoms with Crippen molar-refractivity contribution in [2.45, 2.75) is 57.4 Å². The molecule has 0 aromatic heterocycles. The minimum atomic E-state index is -3.03. The van der Waals surface area contributed by atoms with Crippen LogP contribution < -0.4 is 10.6 Å².